The molecule has 96 valence electrons. The maximum atomic E-state index is 11.5. The smallest absolute Gasteiger partial charge is 0.220 e. The third kappa shape index (κ3) is 7.09. The number of carbonyl (C=O) groups is 1. The molecule has 0 rings (SSSR count). The van der Waals surface area contributed by atoms with E-state index in [1.54, 1.807) is 11.8 Å². The van der Waals surface area contributed by atoms with Crippen LogP contribution in [0.15, 0.2) is 0 Å². The van der Waals surface area contributed by atoms with E-state index in [2.05, 4.69) is 5.32 Å². The van der Waals surface area contributed by atoms with Gasteiger partial charge in [-0.2, -0.15) is 11.8 Å². The number of unbranched alkanes of at least 4 members (excludes halogenated alkanes) is 2. The fourth-order valence-electron chi connectivity index (χ4n) is 1.46. The Hall–Kier alpha value is -0.260. The summed E-state index contributed by atoms with van der Waals surface area (Å²) in [6.07, 6.45) is 5.36. The first-order chi connectivity index (χ1) is 7.65. The van der Waals surface area contributed by atoms with Crippen LogP contribution in [-0.2, 0) is 4.79 Å². The van der Waals surface area contributed by atoms with Crippen molar-refractivity contribution in [3.05, 3.63) is 0 Å². The number of nitrogens with one attached hydrogen (secondary N) is 1. The minimum Gasteiger partial charge on any atom is -0.395 e. The molecular formula is C11H24N2O2S. The molecule has 0 radical (unpaired) electrons. The summed E-state index contributed by atoms with van der Waals surface area (Å²) in [5.74, 6) is 0.0667. The van der Waals surface area contributed by atoms with Crippen LogP contribution in [0.1, 0.15) is 32.6 Å². The van der Waals surface area contributed by atoms with Crippen molar-refractivity contribution in [3.63, 3.8) is 0 Å². The summed E-state index contributed by atoms with van der Waals surface area (Å²) in [5.41, 5.74) is 5.37. The van der Waals surface area contributed by atoms with Crippen LogP contribution in [0.5, 0.6) is 0 Å². The van der Waals surface area contributed by atoms with Crippen molar-refractivity contribution in [3.8, 4) is 0 Å². The second-order valence-corrected chi connectivity index (χ2v) is 4.99. The number of nitrogens with two attached hydrogens (primary N) is 1. The zero-order valence-electron chi connectivity index (χ0n) is 10.2. The molecule has 0 saturated carbocycles. The summed E-state index contributed by atoms with van der Waals surface area (Å²) in [5, 5.41) is 12.1. The van der Waals surface area contributed by atoms with E-state index in [0.29, 0.717) is 13.0 Å². The van der Waals surface area contributed by atoms with Gasteiger partial charge in [-0.05, 0) is 32.6 Å². The Morgan fingerprint density at radius 2 is 2.12 bits per heavy atom. The molecule has 0 aliphatic heterocycles. The lowest BCUT2D eigenvalue weighted by atomic mass is 10.1. The quantitative estimate of drug-likeness (QED) is 0.526. The third-order valence-electron chi connectivity index (χ3n) is 2.54. The van der Waals surface area contributed by atoms with Crippen LogP contribution in [0.3, 0.4) is 0 Å². The largest absolute Gasteiger partial charge is 0.395 e. The molecule has 2 atom stereocenters. The van der Waals surface area contributed by atoms with Crippen LogP contribution in [0, 0.1) is 0 Å². The second-order valence-electron chi connectivity index (χ2n) is 3.91. The van der Waals surface area contributed by atoms with E-state index in [1.165, 1.54) is 0 Å². The van der Waals surface area contributed by atoms with Crippen LogP contribution >= 0.6 is 11.8 Å². The minimum absolute atomic E-state index is 0.0157. The molecule has 0 aromatic carbocycles. The number of hydrogen-bond donors (Lipinski definition) is 3. The first kappa shape index (κ1) is 15.7. The highest BCUT2D eigenvalue weighted by Gasteiger charge is 2.16. The number of aliphatic hydroxyl groups is 1. The van der Waals surface area contributed by atoms with Crippen molar-refractivity contribution in [1.82, 2.24) is 5.32 Å². The van der Waals surface area contributed by atoms with E-state index in [4.69, 9.17) is 10.8 Å². The van der Waals surface area contributed by atoms with Crippen LogP contribution in [0.2, 0.25) is 0 Å². The van der Waals surface area contributed by atoms with Gasteiger partial charge in [0, 0.05) is 17.7 Å². The first-order valence-corrected chi connectivity index (χ1v) is 7.07. The normalized spacial score (nSPS) is 14.5. The molecule has 0 spiro atoms. The SMILES string of the molecule is CSC(CO)C(C)NC(=O)CCCCCN. The number of hydrogen-bond acceptors (Lipinski definition) is 4. The van der Waals surface area contributed by atoms with Crippen LogP contribution < -0.4 is 11.1 Å². The number of carbonyl (C=O) groups excluding carboxylic acids is 1. The molecule has 4 N–H and O–H groups in total. The van der Waals surface area contributed by atoms with Crippen LogP contribution in [-0.4, -0.2) is 41.7 Å². The Morgan fingerprint density at radius 1 is 1.44 bits per heavy atom. The van der Waals surface area contributed by atoms with E-state index in [1.807, 2.05) is 13.2 Å². The van der Waals surface area contributed by atoms with Gasteiger partial charge in [0.05, 0.1) is 6.61 Å². The monoisotopic (exact) mass is 248 g/mol. The summed E-state index contributed by atoms with van der Waals surface area (Å²) in [6, 6.07) is 0.0157. The zero-order valence-corrected chi connectivity index (χ0v) is 11.1. The number of amides is 1. The third-order valence-corrected chi connectivity index (χ3v) is 3.70. The van der Waals surface area contributed by atoms with Gasteiger partial charge >= 0.3 is 0 Å². The Balaban J connectivity index is 3.68. The van der Waals surface area contributed by atoms with Crippen LogP contribution in [0.25, 0.3) is 0 Å². The lowest BCUT2D eigenvalue weighted by Gasteiger charge is -2.21. The van der Waals surface area contributed by atoms with Crippen molar-refractivity contribution in [2.45, 2.75) is 43.9 Å². The Morgan fingerprint density at radius 3 is 2.62 bits per heavy atom. The van der Waals surface area contributed by atoms with Gasteiger partial charge in [0.15, 0.2) is 0 Å². The highest BCUT2D eigenvalue weighted by molar-refractivity contribution is 7.99. The summed E-state index contributed by atoms with van der Waals surface area (Å²) in [6.45, 7) is 2.71. The Kier molecular flexibility index (Phi) is 9.77. The standard InChI is InChI=1S/C11H24N2O2S/c1-9(10(8-14)16-2)13-11(15)6-4-3-5-7-12/h9-10,14H,3-8,12H2,1-2H3,(H,13,15). The van der Waals surface area contributed by atoms with Gasteiger partial charge in [0.25, 0.3) is 0 Å². The lowest BCUT2D eigenvalue weighted by Crippen LogP contribution is -2.41. The van der Waals surface area contributed by atoms with Gasteiger partial charge in [-0.3, -0.25) is 4.79 Å². The number of rotatable bonds is 9. The molecule has 0 aliphatic rings. The summed E-state index contributed by atoms with van der Waals surface area (Å²) in [4.78, 5) is 11.5. The maximum Gasteiger partial charge on any atom is 0.220 e. The molecule has 0 saturated heterocycles. The van der Waals surface area contributed by atoms with Crippen molar-refractivity contribution in [1.29, 1.82) is 0 Å². The molecule has 4 nitrogen and oxygen atoms in total. The molecule has 0 bridgehead atoms. The van der Waals surface area contributed by atoms with Crippen molar-refractivity contribution in [2.75, 3.05) is 19.4 Å². The van der Waals surface area contributed by atoms with Crippen molar-refractivity contribution >= 4 is 17.7 Å². The Bertz CT molecular complexity index is 187. The number of thioether (sulfide) groups is 1. The first-order valence-electron chi connectivity index (χ1n) is 5.78. The van der Waals surface area contributed by atoms with E-state index in [9.17, 15) is 4.79 Å². The highest BCUT2D eigenvalue weighted by atomic mass is 32.2. The molecule has 0 aromatic heterocycles. The van der Waals surface area contributed by atoms with Crippen molar-refractivity contribution < 1.29 is 9.90 Å². The van der Waals surface area contributed by atoms with Gasteiger partial charge in [-0.25, -0.2) is 0 Å². The van der Waals surface area contributed by atoms with Gasteiger partial charge in [0.1, 0.15) is 0 Å². The zero-order chi connectivity index (χ0) is 12.4. The average Bonchev–Trinajstić information content (AvgIpc) is 2.26. The Labute approximate surface area is 102 Å². The molecular weight excluding hydrogens is 224 g/mol. The van der Waals surface area contributed by atoms with Crippen molar-refractivity contribution in [2.24, 2.45) is 5.73 Å². The maximum absolute atomic E-state index is 11.5. The molecule has 16 heavy (non-hydrogen) atoms. The topological polar surface area (TPSA) is 75.3 Å². The molecule has 5 heteroatoms. The highest BCUT2D eigenvalue weighted by Crippen LogP contribution is 2.10. The van der Waals surface area contributed by atoms with Gasteiger partial charge < -0.3 is 16.2 Å². The molecule has 0 aromatic rings. The van der Waals surface area contributed by atoms with Gasteiger partial charge in [0.2, 0.25) is 5.91 Å². The van der Waals surface area contributed by atoms with E-state index in [0.717, 1.165) is 19.3 Å². The summed E-state index contributed by atoms with van der Waals surface area (Å²) < 4.78 is 0. The molecule has 0 heterocycles. The van der Waals surface area contributed by atoms with Gasteiger partial charge in [-0.1, -0.05) is 6.42 Å². The molecule has 0 aliphatic carbocycles. The van der Waals surface area contributed by atoms with Crippen LogP contribution in [0.4, 0.5) is 0 Å². The summed E-state index contributed by atoms with van der Waals surface area (Å²) >= 11 is 1.57. The lowest BCUT2D eigenvalue weighted by molar-refractivity contribution is -0.121. The number of aliphatic hydroxyl groups excluding tert-OH is 1. The van der Waals surface area contributed by atoms with E-state index < -0.39 is 0 Å². The predicted octanol–water partition coefficient (Wildman–Crippen LogP) is 0.734. The fourth-order valence-corrected chi connectivity index (χ4v) is 2.09. The molecule has 1 amide bonds. The predicted molar refractivity (Wildman–Crippen MR) is 69.5 cm³/mol. The molecule has 2 unspecified atom stereocenters. The summed E-state index contributed by atoms with van der Waals surface area (Å²) in [7, 11) is 0. The minimum atomic E-state index is 0.0157. The second kappa shape index (κ2) is 9.93. The van der Waals surface area contributed by atoms with Gasteiger partial charge in [-0.15, -0.1) is 0 Å². The average molecular weight is 248 g/mol. The van der Waals surface area contributed by atoms with E-state index in [-0.39, 0.29) is 23.8 Å². The molecule has 0 fully saturated rings. The fraction of sp³-hybridized carbons (Fsp3) is 0.909. The van der Waals surface area contributed by atoms with E-state index >= 15 is 0 Å².